The minimum Gasteiger partial charge on any atom is -0.492 e. The average Bonchev–Trinajstić information content (AvgIpc) is 2.42. The molecule has 0 amide bonds. The summed E-state index contributed by atoms with van der Waals surface area (Å²) in [6.07, 6.45) is 0.499. The van der Waals surface area contributed by atoms with Gasteiger partial charge in [-0.1, -0.05) is 12.1 Å². The van der Waals surface area contributed by atoms with Crippen molar-refractivity contribution in [2.45, 2.75) is 26.3 Å². The maximum Gasteiger partial charge on any atom is 0.134 e. The Bertz CT molecular complexity index is 431. The van der Waals surface area contributed by atoms with Gasteiger partial charge in [0, 0.05) is 38.6 Å². The molecule has 0 radical (unpaired) electrons. The van der Waals surface area contributed by atoms with E-state index in [0.717, 1.165) is 37.5 Å². The molecule has 2 rings (SSSR count). The molecule has 0 aliphatic carbocycles. The second kappa shape index (κ2) is 7.41. The lowest BCUT2D eigenvalue weighted by molar-refractivity contribution is -0.116. The minimum atomic E-state index is 0.186. The number of ether oxygens (including phenoxy) is 1. The van der Waals surface area contributed by atoms with Crippen LogP contribution in [0.5, 0.6) is 5.75 Å². The molecule has 4 nitrogen and oxygen atoms in total. The molecule has 1 N–H and O–H groups in total. The molecule has 1 aliphatic rings. The van der Waals surface area contributed by atoms with Gasteiger partial charge in [0.1, 0.15) is 18.1 Å². The van der Waals surface area contributed by atoms with Gasteiger partial charge >= 0.3 is 0 Å². The molecule has 1 aliphatic heterocycles. The summed E-state index contributed by atoms with van der Waals surface area (Å²) in [6, 6.07) is 8.39. The molecule has 1 saturated heterocycles. The second-order valence-corrected chi connectivity index (χ2v) is 5.46. The number of carbonyl (C=O) groups excluding carboxylic acids is 1. The quantitative estimate of drug-likeness (QED) is 0.855. The highest BCUT2D eigenvalue weighted by Crippen LogP contribution is 2.13. The Morgan fingerprint density at radius 2 is 2.15 bits per heavy atom. The van der Waals surface area contributed by atoms with E-state index in [1.54, 1.807) is 6.92 Å². The van der Waals surface area contributed by atoms with Crippen molar-refractivity contribution in [2.75, 3.05) is 32.8 Å². The minimum absolute atomic E-state index is 0.186. The zero-order chi connectivity index (χ0) is 14.4. The standard InChI is InChI=1S/C16H24N2O2/c1-13-12-17-7-8-18(13)9-10-20-16-5-3-15(4-6-16)11-14(2)19/h3-6,13,17H,7-12H2,1-2H3. The number of carbonyl (C=O) groups is 1. The normalized spacial score (nSPS) is 19.8. The fraction of sp³-hybridized carbons (Fsp3) is 0.562. The average molecular weight is 276 g/mol. The number of ketones is 1. The van der Waals surface area contributed by atoms with Crippen LogP contribution >= 0.6 is 0 Å². The van der Waals surface area contributed by atoms with Gasteiger partial charge in [0.25, 0.3) is 0 Å². The zero-order valence-electron chi connectivity index (χ0n) is 12.4. The summed E-state index contributed by atoms with van der Waals surface area (Å²) in [4.78, 5) is 13.5. The molecule has 0 bridgehead atoms. The van der Waals surface area contributed by atoms with E-state index >= 15 is 0 Å². The van der Waals surface area contributed by atoms with E-state index in [4.69, 9.17) is 4.74 Å². The van der Waals surface area contributed by atoms with Gasteiger partial charge in [-0.05, 0) is 31.5 Å². The van der Waals surface area contributed by atoms with E-state index < -0.39 is 0 Å². The Morgan fingerprint density at radius 1 is 1.40 bits per heavy atom. The SMILES string of the molecule is CC(=O)Cc1ccc(OCCN2CCNCC2C)cc1. The lowest BCUT2D eigenvalue weighted by Crippen LogP contribution is -2.50. The van der Waals surface area contributed by atoms with Crippen LogP contribution in [-0.4, -0.2) is 49.5 Å². The van der Waals surface area contributed by atoms with Crippen molar-refractivity contribution in [3.8, 4) is 5.75 Å². The number of hydrogen-bond donors (Lipinski definition) is 1. The first-order chi connectivity index (χ1) is 9.65. The molecule has 1 fully saturated rings. The van der Waals surface area contributed by atoms with Crippen LogP contribution in [0.15, 0.2) is 24.3 Å². The molecular formula is C16H24N2O2. The molecule has 4 heteroatoms. The molecule has 0 spiro atoms. The van der Waals surface area contributed by atoms with Gasteiger partial charge in [-0.2, -0.15) is 0 Å². The third-order valence-electron chi connectivity index (χ3n) is 3.66. The van der Waals surface area contributed by atoms with Gasteiger partial charge in [-0.25, -0.2) is 0 Å². The van der Waals surface area contributed by atoms with Crippen molar-refractivity contribution < 1.29 is 9.53 Å². The third-order valence-corrected chi connectivity index (χ3v) is 3.66. The van der Waals surface area contributed by atoms with Crippen LogP contribution in [0.3, 0.4) is 0 Å². The Hall–Kier alpha value is -1.39. The number of nitrogens with zero attached hydrogens (tertiary/aromatic N) is 1. The van der Waals surface area contributed by atoms with E-state index in [9.17, 15) is 4.79 Å². The van der Waals surface area contributed by atoms with E-state index in [1.165, 1.54) is 0 Å². The summed E-state index contributed by atoms with van der Waals surface area (Å²) in [5.41, 5.74) is 1.04. The van der Waals surface area contributed by atoms with E-state index in [-0.39, 0.29) is 5.78 Å². The summed E-state index contributed by atoms with van der Waals surface area (Å²) < 4.78 is 5.77. The van der Waals surface area contributed by atoms with Crippen molar-refractivity contribution in [3.05, 3.63) is 29.8 Å². The Kier molecular flexibility index (Phi) is 5.56. The number of hydrogen-bond acceptors (Lipinski definition) is 4. The summed E-state index contributed by atoms with van der Waals surface area (Å²) in [6.45, 7) is 8.71. The van der Waals surface area contributed by atoms with Crippen LogP contribution in [0.25, 0.3) is 0 Å². The fourth-order valence-corrected chi connectivity index (χ4v) is 2.49. The molecule has 0 saturated carbocycles. The number of piperazine rings is 1. The maximum atomic E-state index is 11.0. The number of rotatable bonds is 6. The highest BCUT2D eigenvalue weighted by Gasteiger charge is 2.16. The van der Waals surface area contributed by atoms with E-state index in [2.05, 4.69) is 17.1 Å². The van der Waals surface area contributed by atoms with Gasteiger partial charge < -0.3 is 10.1 Å². The van der Waals surface area contributed by atoms with Gasteiger partial charge in [-0.3, -0.25) is 9.69 Å². The Balaban J connectivity index is 1.74. The monoisotopic (exact) mass is 276 g/mol. The highest BCUT2D eigenvalue weighted by atomic mass is 16.5. The predicted octanol–water partition coefficient (Wildman–Crippen LogP) is 1.49. The molecule has 0 aromatic heterocycles. The van der Waals surface area contributed by atoms with Gasteiger partial charge in [-0.15, -0.1) is 0 Å². The number of nitrogens with one attached hydrogen (secondary N) is 1. The van der Waals surface area contributed by atoms with E-state index in [1.807, 2.05) is 24.3 Å². The van der Waals surface area contributed by atoms with Crippen LogP contribution in [0.4, 0.5) is 0 Å². The van der Waals surface area contributed by atoms with Gasteiger partial charge in [0.2, 0.25) is 0 Å². The lowest BCUT2D eigenvalue weighted by Gasteiger charge is -2.33. The molecule has 20 heavy (non-hydrogen) atoms. The van der Waals surface area contributed by atoms with Gasteiger partial charge in [0.05, 0.1) is 0 Å². The van der Waals surface area contributed by atoms with Crippen molar-refractivity contribution in [3.63, 3.8) is 0 Å². The third kappa shape index (κ3) is 4.62. The largest absolute Gasteiger partial charge is 0.492 e. The second-order valence-electron chi connectivity index (χ2n) is 5.46. The van der Waals surface area contributed by atoms with Crippen LogP contribution in [-0.2, 0) is 11.2 Å². The Labute approximate surface area is 121 Å². The van der Waals surface area contributed by atoms with Crippen molar-refractivity contribution in [2.24, 2.45) is 0 Å². The smallest absolute Gasteiger partial charge is 0.134 e. The van der Waals surface area contributed by atoms with Crippen molar-refractivity contribution >= 4 is 5.78 Å². The lowest BCUT2D eigenvalue weighted by atomic mass is 10.1. The van der Waals surface area contributed by atoms with Crippen molar-refractivity contribution in [1.29, 1.82) is 0 Å². The fourth-order valence-electron chi connectivity index (χ4n) is 2.49. The summed E-state index contributed by atoms with van der Waals surface area (Å²) in [5.74, 6) is 1.06. The van der Waals surface area contributed by atoms with Gasteiger partial charge in [0.15, 0.2) is 0 Å². The summed E-state index contributed by atoms with van der Waals surface area (Å²) >= 11 is 0. The summed E-state index contributed by atoms with van der Waals surface area (Å²) in [5, 5.41) is 3.38. The maximum absolute atomic E-state index is 11.0. The number of benzene rings is 1. The number of Topliss-reactive ketones (excluding diaryl/α,β-unsaturated/α-hetero) is 1. The van der Waals surface area contributed by atoms with Crippen LogP contribution in [0, 0.1) is 0 Å². The molecule has 1 aromatic rings. The first-order valence-corrected chi connectivity index (χ1v) is 7.31. The van der Waals surface area contributed by atoms with Crippen LogP contribution in [0.1, 0.15) is 19.4 Å². The van der Waals surface area contributed by atoms with E-state index in [0.29, 0.717) is 19.1 Å². The molecule has 1 aromatic carbocycles. The first kappa shape index (κ1) is 15.0. The first-order valence-electron chi connectivity index (χ1n) is 7.31. The van der Waals surface area contributed by atoms with Crippen molar-refractivity contribution in [1.82, 2.24) is 10.2 Å². The molecule has 1 heterocycles. The van der Waals surface area contributed by atoms with Crippen LogP contribution in [0.2, 0.25) is 0 Å². The predicted molar refractivity (Wildman–Crippen MR) is 80.2 cm³/mol. The highest BCUT2D eigenvalue weighted by molar-refractivity contribution is 5.78. The molecular weight excluding hydrogens is 252 g/mol. The topological polar surface area (TPSA) is 41.6 Å². The molecule has 1 atom stereocenters. The zero-order valence-corrected chi connectivity index (χ0v) is 12.4. The Morgan fingerprint density at radius 3 is 2.80 bits per heavy atom. The van der Waals surface area contributed by atoms with Crippen LogP contribution < -0.4 is 10.1 Å². The summed E-state index contributed by atoms with van der Waals surface area (Å²) in [7, 11) is 0. The molecule has 1 unspecified atom stereocenters. The molecule has 110 valence electrons.